The summed E-state index contributed by atoms with van der Waals surface area (Å²) in [5.74, 6) is 0.713. The second-order valence-electron chi connectivity index (χ2n) is 11.3. The van der Waals surface area contributed by atoms with Crippen molar-refractivity contribution in [1.29, 1.82) is 0 Å². The van der Waals surface area contributed by atoms with E-state index in [4.69, 9.17) is 9.47 Å². The molecule has 5 aliphatic rings. The maximum atomic E-state index is 12.0. The highest BCUT2D eigenvalue weighted by atomic mass is 16.5. The van der Waals surface area contributed by atoms with Gasteiger partial charge in [-0.3, -0.25) is 15.0 Å². The van der Waals surface area contributed by atoms with E-state index in [1.807, 2.05) is 21.0 Å². The third kappa shape index (κ3) is 2.82. The summed E-state index contributed by atoms with van der Waals surface area (Å²) in [7, 11) is 1.85. The van der Waals surface area contributed by atoms with Crippen molar-refractivity contribution in [2.24, 2.45) is 11.8 Å². The third-order valence-corrected chi connectivity index (χ3v) is 9.41. The normalized spacial score (nSPS) is 37.5. The molecule has 0 unspecified atom stereocenters. The van der Waals surface area contributed by atoms with E-state index in [9.17, 15) is 15.0 Å². The molecule has 2 bridgehead atoms. The third-order valence-electron chi connectivity index (χ3n) is 9.41. The van der Waals surface area contributed by atoms with Crippen LogP contribution in [0.3, 0.4) is 0 Å². The zero-order valence-corrected chi connectivity index (χ0v) is 19.8. The highest BCUT2D eigenvalue weighted by molar-refractivity contribution is 5.74. The topological polar surface area (TPSA) is 91.3 Å². The van der Waals surface area contributed by atoms with Crippen LogP contribution < -0.4 is 10.1 Å². The summed E-state index contributed by atoms with van der Waals surface area (Å²) in [6, 6.07) is 3.34. The molecule has 3 N–H and O–H groups in total. The van der Waals surface area contributed by atoms with Gasteiger partial charge in [-0.2, -0.15) is 0 Å². The first kappa shape index (κ1) is 21.7. The number of nitrogens with one attached hydrogen (secondary N) is 1. The van der Waals surface area contributed by atoms with Gasteiger partial charge in [0.25, 0.3) is 0 Å². The molecule has 6 atom stereocenters. The van der Waals surface area contributed by atoms with Gasteiger partial charge in [0.05, 0.1) is 11.0 Å². The van der Waals surface area contributed by atoms with E-state index in [0.717, 1.165) is 50.3 Å². The van der Waals surface area contributed by atoms with Crippen molar-refractivity contribution in [2.75, 3.05) is 20.2 Å². The Balaban J connectivity index is 1.47. The van der Waals surface area contributed by atoms with E-state index in [1.54, 1.807) is 6.07 Å². The molecule has 0 amide bonds. The van der Waals surface area contributed by atoms with Gasteiger partial charge in [-0.1, -0.05) is 19.9 Å². The van der Waals surface area contributed by atoms with Crippen molar-refractivity contribution in [3.63, 3.8) is 0 Å². The van der Waals surface area contributed by atoms with Crippen LogP contribution in [0.25, 0.3) is 0 Å². The number of aliphatic carboxylic acids is 1. The lowest BCUT2D eigenvalue weighted by Crippen LogP contribution is -2.79. The van der Waals surface area contributed by atoms with Gasteiger partial charge in [0.1, 0.15) is 12.1 Å². The van der Waals surface area contributed by atoms with Crippen LogP contribution in [-0.2, 0) is 21.4 Å². The summed E-state index contributed by atoms with van der Waals surface area (Å²) in [6.07, 6.45) is 5.83. The molecule has 2 heterocycles. The number of hydrogen-bond acceptors (Lipinski definition) is 6. The number of ether oxygens (including phenoxy) is 2. The number of piperidine rings is 1. The SMILES string of the molecule is CO[C@@]12CC[C@@H](N[C@H](C(=O)O)C(C)C)[C@@H]3Oc4c(O)ccc5c4[C@@]31CCN(CC1CC1)[C@@H]2C5. The Kier molecular flexibility index (Phi) is 4.82. The largest absolute Gasteiger partial charge is 0.504 e. The van der Waals surface area contributed by atoms with Crippen molar-refractivity contribution < 1.29 is 24.5 Å². The van der Waals surface area contributed by atoms with E-state index < -0.39 is 17.6 Å². The average Bonchev–Trinajstić information content (AvgIpc) is 3.53. The molecular weight excluding hydrogens is 420 g/mol. The molecule has 1 spiro atoms. The monoisotopic (exact) mass is 456 g/mol. The van der Waals surface area contributed by atoms with Gasteiger partial charge in [0.2, 0.25) is 0 Å². The zero-order chi connectivity index (χ0) is 23.1. The van der Waals surface area contributed by atoms with Crippen molar-refractivity contribution in [2.45, 2.75) is 87.6 Å². The number of carbonyl (C=O) groups is 1. The maximum Gasteiger partial charge on any atom is 0.320 e. The number of hydrogen-bond donors (Lipinski definition) is 3. The minimum absolute atomic E-state index is 0.0404. The van der Waals surface area contributed by atoms with Crippen molar-refractivity contribution in [3.05, 3.63) is 23.3 Å². The number of methoxy groups -OCH3 is 1. The summed E-state index contributed by atoms with van der Waals surface area (Å²) in [5.41, 5.74) is 1.60. The lowest BCUT2D eigenvalue weighted by Gasteiger charge is -2.66. The second kappa shape index (κ2) is 7.33. The number of benzene rings is 1. The number of nitrogens with zero attached hydrogens (tertiary/aromatic N) is 1. The van der Waals surface area contributed by atoms with Gasteiger partial charge >= 0.3 is 5.97 Å². The standard InChI is InChI=1S/C26H36N2O5/c1-14(2)21(24(30)31)27-17-8-9-26(32-3)19-12-16-6-7-18(29)22-20(16)25(26,23(17)33-22)10-11-28(19)13-15-4-5-15/h6-7,14-15,17,19,21,23,27,29H,4-5,8-13H2,1-3H3,(H,30,31)/t17-,19-,21+,23+,25+,26-/m1/s1. The molecule has 33 heavy (non-hydrogen) atoms. The molecule has 1 aromatic carbocycles. The first-order valence-corrected chi connectivity index (χ1v) is 12.6. The van der Waals surface area contributed by atoms with Crippen LogP contribution in [0.2, 0.25) is 0 Å². The van der Waals surface area contributed by atoms with Crippen LogP contribution >= 0.6 is 0 Å². The van der Waals surface area contributed by atoms with Crippen LogP contribution in [0.4, 0.5) is 0 Å². The summed E-state index contributed by atoms with van der Waals surface area (Å²) in [5, 5.41) is 24.1. The summed E-state index contributed by atoms with van der Waals surface area (Å²) >= 11 is 0. The highest BCUT2D eigenvalue weighted by Crippen LogP contribution is 2.66. The Morgan fingerprint density at radius 2 is 2.09 bits per heavy atom. The maximum absolute atomic E-state index is 12.0. The van der Waals surface area contributed by atoms with Gasteiger partial charge in [0, 0.05) is 31.3 Å². The molecule has 2 saturated carbocycles. The van der Waals surface area contributed by atoms with E-state index in [0.29, 0.717) is 5.75 Å². The van der Waals surface area contributed by atoms with Gasteiger partial charge < -0.3 is 19.7 Å². The molecule has 2 aliphatic heterocycles. The van der Waals surface area contributed by atoms with Crippen molar-refractivity contribution in [3.8, 4) is 11.5 Å². The molecule has 0 aromatic heterocycles. The molecule has 1 aromatic rings. The van der Waals surface area contributed by atoms with Crippen LogP contribution in [0.15, 0.2) is 12.1 Å². The summed E-state index contributed by atoms with van der Waals surface area (Å²) in [6.45, 7) is 5.99. The average molecular weight is 457 g/mol. The van der Waals surface area contributed by atoms with E-state index in [2.05, 4.69) is 16.3 Å². The number of aromatic hydroxyl groups is 1. The van der Waals surface area contributed by atoms with E-state index >= 15 is 0 Å². The number of likely N-dealkylation sites (tertiary alicyclic amines) is 1. The molecule has 3 aliphatic carbocycles. The Bertz CT molecular complexity index is 978. The molecule has 3 fully saturated rings. The smallest absolute Gasteiger partial charge is 0.320 e. The van der Waals surface area contributed by atoms with Crippen LogP contribution in [-0.4, -0.2) is 71.1 Å². The van der Waals surface area contributed by atoms with Gasteiger partial charge in [0.15, 0.2) is 11.5 Å². The molecule has 7 heteroatoms. The number of phenolic OH excluding ortho intramolecular Hbond substituents is 1. The Morgan fingerprint density at radius 1 is 1.30 bits per heavy atom. The van der Waals surface area contributed by atoms with Gasteiger partial charge in [-0.15, -0.1) is 0 Å². The fourth-order valence-electron chi connectivity index (χ4n) is 7.82. The molecule has 6 rings (SSSR count). The van der Waals surface area contributed by atoms with Crippen LogP contribution in [0.1, 0.15) is 57.1 Å². The number of carboxylic acids is 1. The zero-order valence-electron chi connectivity index (χ0n) is 19.8. The second-order valence-corrected chi connectivity index (χ2v) is 11.3. The van der Waals surface area contributed by atoms with Gasteiger partial charge in [-0.05, 0) is 68.5 Å². The van der Waals surface area contributed by atoms with Crippen LogP contribution in [0.5, 0.6) is 11.5 Å². The first-order chi connectivity index (χ1) is 15.8. The number of phenols is 1. The lowest BCUT2D eigenvalue weighted by atomic mass is 9.48. The van der Waals surface area contributed by atoms with Crippen LogP contribution in [0, 0.1) is 11.8 Å². The van der Waals surface area contributed by atoms with E-state index in [-0.39, 0.29) is 35.3 Å². The summed E-state index contributed by atoms with van der Waals surface area (Å²) < 4.78 is 13.2. The number of carboxylic acid groups (broad SMARTS) is 1. The molecule has 7 nitrogen and oxygen atoms in total. The minimum Gasteiger partial charge on any atom is -0.504 e. The molecular formula is C26H36N2O5. The van der Waals surface area contributed by atoms with Crippen molar-refractivity contribution in [1.82, 2.24) is 10.2 Å². The molecule has 0 radical (unpaired) electrons. The van der Waals surface area contributed by atoms with E-state index in [1.165, 1.54) is 18.4 Å². The van der Waals surface area contributed by atoms with Crippen molar-refractivity contribution >= 4 is 5.97 Å². The van der Waals surface area contributed by atoms with Gasteiger partial charge in [-0.25, -0.2) is 0 Å². The Hall–Kier alpha value is -1.83. The predicted molar refractivity (Wildman–Crippen MR) is 123 cm³/mol. The highest BCUT2D eigenvalue weighted by Gasteiger charge is 2.74. The quantitative estimate of drug-likeness (QED) is 0.581. The fraction of sp³-hybridized carbons (Fsp3) is 0.731. The minimum atomic E-state index is -0.828. The Labute approximate surface area is 195 Å². The lowest BCUT2D eigenvalue weighted by molar-refractivity contribution is -0.208. The number of rotatable bonds is 7. The Morgan fingerprint density at radius 3 is 2.76 bits per heavy atom. The predicted octanol–water partition coefficient (Wildman–Crippen LogP) is 2.68. The molecule has 1 saturated heterocycles. The molecule has 180 valence electrons. The fourth-order valence-corrected chi connectivity index (χ4v) is 7.82. The summed E-state index contributed by atoms with van der Waals surface area (Å²) in [4.78, 5) is 14.7. The first-order valence-electron chi connectivity index (χ1n) is 12.6.